The SMILES string of the molecule is COc1cc(CCC(=O)NCc2ccc(S(=O)(=O)N(C)C)s2)cc(OC)c1OC. The van der Waals surface area contributed by atoms with Gasteiger partial charge in [0.15, 0.2) is 11.5 Å². The van der Waals surface area contributed by atoms with Gasteiger partial charge in [0.05, 0.1) is 27.9 Å². The number of amides is 1. The van der Waals surface area contributed by atoms with Crippen molar-refractivity contribution >= 4 is 27.3 Å². The molecule has 0 aliphatic carbocycles. The van der Waals surface area contributed by atoms with Crippen molar-refractivity contribution in [2.45, 2.75) is 23.6 Å². The standard InChI is InChI=1S/C19H26N2O6S2/c1-21(2)29(23,24)18-9-7-14(28-18)12-20-17(22)8-6-13-10-15(25-3)19(27-5)16(11-13)26-4/h7,9-11H,6,8,12H2,1-5H3,(H,20,22). The van der Waals surface area contributed by atoms with Crippen molar-refractivity contribution in [1.82, 2.24) is 9.62 Å². The van der Waals surface area contributed by atoms with Gasteiger partial charge in [0.1, 0.15) is 4.21 Å². The monoisotopic (exact) mass is 442 g/mol. The lowest BCUT2D eigenvalue weighted by Gasteiger charge is -2.14. The Labute approximate surface area is 175 Å². The molecule has 0 saturated heterocycles. The molecule has 8 nitrogen and oxygen atoms in total. The van der Waals surface area contributed by atoms with E-state index in [4.69, 9.17) is 14.2 Å². The van der Waals surface area contributed by atoms with E-state index in [2.05, 4.69) is 5.32 Å². The van der Waals surface area contributed by atoms with Gasteiger partial charge in [0.2, 0.25) is 11.7 Å². The van der Waals surface area contributed by atoms with E-state index in [0.717, 1.165) is 21.8 Å². The molecular weight excluding hydrogens is 416 g/mol. The Kier molecular flexibility index (Phi) is 7.88. The first-order valence-electron chi connectivity index (χ1n) is 8.79. The quantitative estimate of drug-likeness (QED) is 0.607. The second kappa shape index (κ2) is 9.95. The van der Waals surface area contributed by atoms with Crippen LogP contribution in [0, 0.1) is 0 Å². The van der Waals surface area contributed by atoms with Gasteiger partial charge in [-0.2, -0.15) is 0 Å². The van der Waals surface area contributed by atoms with Crippen molar-refractivity contribution in [3.05, 3.63) is 34.7 Å². The molecule has 2 rings (SSSR count). The van der Waals surface area contributed by atoms with Gasteiger partial charge in [-0.15, -0.1) is 11.3 Å². The number of carbonyl (C=O) groups is 1. The van der Waals surface area contributed by atoms with E-state index < -0.39 is 10.0 Å². The topological polar surface area (TPSA) is 94.2 Å². The molecule has 0 saturated carbocycles. The summed E-state index contributed by atoms with van der Waals surface area (Å²) in [5, 5.41) is 2.82. The molecule has 1 heterocycles. The van der Waals surface area contributed by atoms with Crippen molar-refractivity contribution in [2.24, 2.45) is 0 Å². The zero-order chi connectivity index (χ0) is 21.6. The van der Waals surface area contributed by atoms with E-state index in [0.29, 0.717) is 23.7 Å². The average Bonchev–Trinajstić information content (AvgIpc) is 3.19. The first kappa shape index (κ1) is 23.0. The first-order chi connectivity index (χ1) is 13.7. The minimum Gasteiger partial charge on any atom is -0.493 e. The molecule has 1 aromatic heterocycles. The Hall–Kier alpha value is -2.30. The van der Waals surface area contributed by atoms with E-state index in [1.54, 1.807) is 26.4 Å². The molecule has 0 radical (unpaired) electrons. The number of benzene rings is 1. The number of aryl methyl sites for hydroxylation is 1. The number of carbonyl (C=O) groups excluding carboxylic acids is 1. The number of methoxy groups -OCH3 is 3. The summed E-state index contributed by atoms with van der Waals surface area (Å²) in [7, 11) is 4.13. The van der Waals surface area contributed by atoms with E-state index in [9.17, 15) is 13.2 Å². The predicted molar refractivity (Wildman–Crippen MR) is 111 cm³/mol. The van der Waals surface area contributed by atoms with Crippen LogP contribution < -0.4 is 19.5 Å². The summed E-state index contributed by atoms with van der Waals surface area (Å²) in [5.74, 6) is 1.44. The summed E-state index contributed by atoms with van der Waals surface area (Å²) >= 11 is 1.15. The Morgan fingerprint density at radius 3 is 2.21 bits per heavy atom. The molecule has 29 heavy (non-hydrogen) atoms. The van der Waals surface area contributed by atoms with E-state index in [-0.39, 0.29) is 23.1 Å². The molecule has 160 valence electrons. The molecule has 1 aromatic carbocycles. The maximum Gasteiger partial charge on any atom is 0.252 e. The molecule has 1 amide bonds. The van der Waals surface area contributed by atoms with Gasteiger partial charge in [0, 0.05) is 25.4 Å². The molecule has 0 spiro atoms. The lowest BCUT2D eigenvalue weighted by molar-refractivity contribution is -0.121. The van der Waals surface area contributed by atoms with Crippen LogP contribution in [0.1, 0.15) is 16.9 Å². The van der Waals surface area contributed by atoms with Crippen LogP contribution in [-0.4, -0.2) is 54.1 Å². The highest BCUT2D eigenvalue weighted by molar-refractivity contribution is 7.91. The van der Waals surface area contributed by atoms with Crippen molar-refractivity contribution in [2.75, 3.05) is 35.4 Å². The number of sulfonamides is 1. The largest absolute Gasteiger partial charge is 0.493 e. The second-order valence-electron chi connectivity index (χ2n) is 6.32. The lowest BCUT2D eigenvalue weighted by atomic mass is 10.1. The van der Waals surface area contributed by atoms with Crippen LogP contribution in [0.5, 0.6) is 17.2 Å². The van der Waals surface area contributed by atoms with Crippen molar-refractivity contribution in [1.29, 1.82) is 0 Å². The second-order valence-corrected chi connectivity index (χ2v) is 9.87. The molecule has 1 N–H and O–H groups in total. The summed E-state index contributed by atoms with van der Waals surface area (Å²) in [6, 6.07) is 6.89. The van der Waals surface area contributed by atoms with Crippen LogP contribution in [0.4, 0.5) is 0 Å². The van der Waals surface area contributed by atoms with Crippen LogP contribution in [-0.2, 0) is 27.8 Å². The fourth-order valence-electron chi connectivity index (χ4n) is 2.58. The molecule has 0 fully saturated rings. The Bertz CT molecular complexity index is 928. The van der Waals surface area contributed by atoms with Gasteiger partial charge in [-0.05, 0) is 36.2 Å². The van der Waals surface area contributed by atoms with Crippen LogP contribution in [0.15, 0.2) is 28.5 Å². The molecule has 0 aliphatic heterocycles. The first-order valence-corrected chi connectivity index (χ1v) is 11.1. The Morgan fingerprint density at radius 1 is 1.07 bits per heavy atom. The molecule has 0 atom stereocenters. The van der Waals surface area contributed by atoms with Crippen molar-refractivity contribution < 1.29 is 27.4 Å². The smallest absolute Gasteiger partial charge is 0.252 e. The molecule has 0 bridgehead atoms. The number of rotatable bonds is 10. The van der Waals surface area contributed by atoms with Crippen molar-refractivity contribution in [3.8, 4) is 17.2 Å². The summed E-state index contributed by atoms with van der Waals surface area (Å²) in [4.78, 5) is 13.0. The number of thiophene rings is 1. The third kappa shape index (κ3) is 5.62. The summed E-state index contributed by atoms with van der Waals surface area (Å²) < 4.78 is 41.6. The predicted octanol–water partition coefficient (Wildman–Crippen LogP) is 2.27. The summed E-state index contributed by atoms with van der Waals surface area (Å²) in [6.45, 7) is 0.279. The maximum atomic E-state index is 12.2. The minimum absolute atomic E-state index is 0.135. The van der Waals surface area contributed by atoms with Crippen LogP contribution in [0.3, 0.4) is 0 Å². The highest BCUT2D eigenvalue weighted by atomic mass is 32.2. The van der Waals surface area contributed by atoms with E-state index >= 15 is 0 Å². The van der Waals surface area contributed by atoms with Gasteiger partial charge in [-0.1, -0.05) is 0 Å². The number of ether oxygens (including phenoxy) is 3. The van der Waals surface area contributed by atoms with Gasteiger partial charge in [0.25, 0.3) is 10.0 Å². The van der Waals surface area contributed by atoms with Gasteiger partial charge in [-0.25, -0.2) is 12.7 Å². The normalized spacial score (nSPS) is 11.4. The van der Waals surface area contributed by atoms with Gasteiger partial charge >= 0.3 is 0 Å². The highest BCUT2D eigenvalue weighted by Gasteiger charge is 2.19. The fourth-order valence-corrected chi connectivity index (χ4v) is 5.05. The average molecular weight is 443 g/mol. The van der Waals surface area contributed by atoms with Gasteiger partial charge in [-0.3, -0.25) is 4.79 Å². The molecule has 10 heteroatoms. The third-order valence-electron chi connectivity index (χ3n) is 4.20. The zero-order valence-corrected chi connectivity index (χ0v) is 18.8. The van der Waals surface area contributed by atoms with Crippen LogP contribution >= 0.6 is 11.3 Å². The number of hydrogen-bond acceptors (Lipinski definition) is 7. The Balaban J connectivity index is 1.95. The number of nitrogens with zero attached hydrogens (tertiary/aromatic N) is 1. The van der Waals surface area contributed by atoms with Gasteiger partial charge < -0.3 is 19.5 Å². The van der Waals surface area contributed by atoms with E-state index in [1.807, 2.05) is 12.1 Å². The molecule has 0 aliphatic rings. The summed E-state index contributed by atoms with van der Waals surface area (Å²) in [5.41, 5.74) is 0.880. The number of hydrogen-bond donors (Lipinski definition) is 1. The van der Waals surface area contributed by atoms with E-state index in [1.165, 1.54) is 25.5 Å². The lowest BCUT2D eigenvalue weighted by Crippen LogP contribution is -2.22. The number of nitrogens with one attached hydrogen (secondary N) is 1. The van der Waals surface area contributed by atoms with Crippen molar-refractivity contribution in [3.63, 3.8) is 0 Å². The Morgan fingerprint density at radius 2 is 1.69 bits per heavy atom. The maximum absolute atomic E-state index is 12.2. The van der Waals surface area contributed by atoms with Crippen LogP contribution in [0.25, 0.3) is 0 Å². The summed E-state index contributed by atoms with van der Waals surface area (Å²) in [6.07, 6.45) is 0.764. The zero-order valence-electron chi connectivity index (χ0n) is 17.1. The fraction of sp³-hybridized carbons (Fsp3) is 0.421. The highest BCUT2D eigenvalue weighted by Crippen LogP contribution is 2.38. The van der Waals surface area contributed by atoms with Crippen LogP contribution in [0.2, 0.25) is 0 Å². The molecule has 2 aromatic rings. The third-order valence-corrected chi connectivity index (χ3v) is 7.56. The molecule has 0 unspecified atom stereocenters. The molecular formula is C19H26N2O6S2. The minimum atomic E-state index is -3.45.